The zero-order chi connectivity index (χ0) is 11.3. The maximum absolute atomic E-state index is 11.8. The van der Waals surface area contributed by atoms with Crippen molar-refractivity contribution in [1.29, 1.82) is 0 Å². The van der Waals surface area contributed by atoms with Gasteiger partial charge in [0.05, 0.1) is 4.83 Å². The van der Waals surface area contributed by atoms with Gasteiger partial charge in [0.15, 0.2) is 0 Å². The van der Waals surface area contributed by atoms with Crippen molar-refractivity contribution in [2.75, 3.05) is 6.54 Å². The SMILES string of the molecule is CCN(Cc1ccccc1)C(=O)C(C)Br. The number of amides is 1. The lowest BCUT2D eigenvalue weighted by atomic mass is 10.2. The van der Waals surface area contributed by atoms with Crippen molar-refractivity contribution >= 4 is 21.8 Å². The second kappa shape index (κ2) is 5.91. The molecule has 0 bridgehead atoms. The molecular formula is C12H16BrNO. The minimum absolute atomic E-state index is 0.110. The van der Waals surface area contributed by atoms with Gasteiger partial charge in [-0.25, -0.2) is 0 Å². The maximum atomic E-state index is 11.8. The number of hydrogen-bond donors (Lipinski definition) is 0. The first-order valence-electron chi connectivity index (χ1n) is 5.12. The van der Waals surface area contributed by atoms with Gasteiger partial charge in [-0.15, -0.1) is 0 Å². The van der Waals surface area contributed by atoms with E-state index in [-0.39, 0.29) is 10.7 Å². The van der Waals surface area contributed by atoms with Crippen molar-refractivity contribution in [3.8, 4) is 0 Å². The van der Waals surface area contributed by atoms with E-state index in [9.17, 15) is 4.79 Å². The van der Waals surface area contributed by atoms with Crippen molar-refractivity contribution in [3.05, 3.63) is 35.9 Å². The van der Waals surface area contributed by atoms with Gasteiger partial charge in [0.25, 0.3) is 0 Å². The minimum Gasteiger partial charge on any atom is -0.338 e. The van der Waals surface area contributed by atoms with Gasteiger partial charge in [-0.05, 0) is 19.4 Å². The molecule has 0 aliphatic carbocycles. The fourth-order valence-electron chi connectivity index (χ4n) is 1.40. The molecule has 2 nitrogen and oxygen atoms in total. The molecule has 1 rings (SSSR count). The Morgan fingerprint density at radius 3 is 2.47 bits per heavy atom. The average molecular weight is 270 g/mol. The van der Waals surface area contributed by atoms with Crippen molar-refractivity contribution in [3.63, 3.8) is 0 Å². The van der Waals surface area contributed by atoms with Crippen LogP contribution in [0.15, 0.2) is 30.3 Å². The lowest BCUT2D eigenvalue weighted by Crippen LogP contribution is -2.34. The summed E-state index contributed by atoms with van der Waals surface area (Å²) in [7, 11) is 0. The van der Waals surface area contributed by atoms with E-state index in [1.165, 1.54) is 5.56 Å². The second-order valence-corrected chi connectivity index (χ2v) is 4.83. The molecule has 0 aliphatic rings. The van der Waals surface area contributed by atoms with E-state index < -0.39 is 0 Å². The Morgan fingerprint density at radius 1 is 1.40 bits per heavy atom. The molecule has 1 aromatic carbocycles. The Labute approximate surface area is 99.4 Å². The molecule has 0 spiro atoms. The number of rotatable bonds is 4. The minimum atomic E-state index is -0.110. The predicted molar refractivity (Wildman–Crippen MR) is 65.9 cm³/mol. The molecule has 0 N–H and O–H groups in total. The Morgan fingerprint density at radius 2 is 2.00 bits per heavy atom. The van der Waals surface area contributed by atoms with Crippen LogP contribution in [0.1, 0.15) is 19.4 Å². The number of alkyl halides is 1. The molecule has 1 atom stereocenters. The van der Waals surface area contributed by atoms with E-state index in [0.717, 1.165) is 6.54 Å². The van der Waals surface area contributed by atoms with Gasteiger partial charge in [0.1, 0.15) is 0 Å². The van der Waals surface area contributed by atoms with Crippen LogP contribution >= 0.6 is 15.9 Å². The van der Waals surface area contributed by atoms with Crippen LogP contribution in [0.25, 0.3) is 0 Å². The summed E-state index contributed by atoms with van der Waals surface area (Å²) in [5.74, 6) is 0.140. The molecule has 15 heavy (non-hydrogen) atoms. The van der Waals surface area contributed by atoms with Crippen LogP contribution in [0.5, 0.6) is 0 Å². The monoisotopic (exact) mass is 269 g/mol. The smallest absolute Gasteiger partial charge is 0.236 e. The summed E-state index contributed by atoms with van der Waals surface area (Å²) in [6.07, 6.45) is 0. The molecule has 0 radical (unpaired) electrons. The van der Waals surface area contributed by atoms with Gasteiger partial charge >= 0.3 is 0 Å². The van der Waals surface area contributed by atoms with Crippen molar-refractivity contribution in [2.45, 2.75) is 25.2 Å². The largest absolute Gasteiger partial charge is 0.338 e. The highest BCUT2D eigenvalue weighted by Crippen LogP contribution is 2.09. The Bertz CT molecular complexity index is 311. The summed E-state index contributed by atoms with van der Waals surface area (Å²) >= 11 is 3.30. The number of halogens is 1. The van der Waals surface area contributed by atoms with E-state index >= 15 is 0 Å². The quantitative estimate of drug-likeness (QED) is 0.770. The van der Waals surface area contributed by atoms with Crippen LogP contribution in [0.3, 0.4) is 0 Å². The lowest BCUT2D eigenvalue weighted by molar-refractivity contribution is -0.130. The van der Waals surface area contributed by atoms with Crippen molar-refractivity contribution in [2.24, 2.45) is 0 Å². The van der Waals surface area contributed by atoms with Crippen LogP contribution in [0.2, 0.25) is 0 Å². The van der Waals surface area contributed by atoms with Gasteiger partial charge in [0, 0.05) is 13.1 Å². The maximum Gasteiger partial charge on any atom is 0.236 e. The summed E-state index contributed by atoms with van der Waals surface area (Å²) in [5.41, 5.74) is 1.17. The third kappa shape index (κ3) is 3.67. The third-order valence-electron chi connectivity index (χ3n) is 2.25. The van der Waals surface area contributed by atoms with Gasteiger partial charge in [0.2, 0.25) is 5.91 Å². The summed E-state index contributed by atoms with van der Waals surface area (Å²) in [4.78, 5) is 13.5. The fourth-order valence-corrected chi connectivity index (χ4v) is 1.69. The first kappa shape index (κ1) is 12.2. The van der Waals surface area contributed by atoms with E-state index in [0.29, 0.717) is 6.54 Å². The number of nitrogens with zero attached hydrogens (tertiary/aromatic N) is 1. The Hall–Kier alpha value is -0.830. The van der Waals surface area contributed by atoms with Crippen LogP contribution < -0.4 is 0 Å². The van der Waals surface area contributed by atoms with Crippen LogP contribution in [0.4, 0.5) is 0 Å². The number of benzene rings is 1. The first-order valence-corrected chi connectivity index (χ1v) is 6.03. The standard InChI is InChI=1S/C12H16BrNO/c1-3-14(12(15)10(2)13)9-11-7-5-4-6-8-11/h4-8,10H,3,9H2,1-2H3. The highest BCUT2D eigenvalue weighted by Gasteiger charge is 2.16. The molecule has 82 valence electrons. The van der Waals surface area contributed by atoms with Crippen molar-refractivity contribution in [1.82, 2.24) is 4.90 Å². The number of carbonyl (C=O) groups excluding carboxylic acids is 1. The first-order chi connectivity index (χ1) is 7.15. The Balaban J connectivity index is 2.66. The number of hydrogen-bond acceptors (Lipinski definition) is 1. The highest BCUT2D eigenvalue weighted by molar-refractivity contribution is 9.10. The molecule has 1 amide bonds. The predicted octanol–water partition coefficient (Wildman–Crippen LogP) is 2.82. The molecule has 0 heterocycles. The zero-order valence-electron chi connectivity index (χ0n) is 9.11. The Kier molecular flexibility index (Phi) is 4.82. The highest BCUT2D eigenvalue weighted by atomic mass is 79.9. The van der Waals surface area contributed by atoms with E-state index in [1.807, 2.05) is 49.1 Å². The normalized spacial score (nSPS) is 12.2. The van der Waals surface area contributed by atoms with E-state index in [2.05, 4.69) is 15.9 Å². The van der Waals surface area contributed by atoms with Gasteiger partial charge < -0.3 is 4.90 Å². The summed E-state index contributed by atoms with van der Waals surface area (Å²) < 4.78 is 0. The molecule has 0 saturated heterocycles. The van der Waals surface area contributed by atoms with Gasteiger partial charge in [-0.3, -0.25) is 4.79 Å². The van der Waals surface area contributed by atoms with E-state index in [1.54, 1.807) is 0 Å². The molecule has 1 unspecified atom stereocenters. The fraction of sp³-hybridized carbons (Fsp3) is 0.417. The summed E-state index contributed by atoms with van der Waals surface area (Å²) in [5, 5.41) is 0. The van der Waals surface area contributed by atoms with Crippen molar-refractivity contribution < 1.29 is 4.79 Å². The molecule has 0 aliphatic heterocycles. The third-order valence-corrected chi connectivity index (χ3v) is 2.64. The zero-order valence-corrected chi connectivity index (χ0v) is 10.7. The van der Waals surface area contributed by atoms with Gasteiger partial charge in [-0.1, -0.05) is 46.3 Å². The second-order valence-electron chi connectivity index (χ2n) is 3.45. The molecule has 0 saturated carbocycles. The van der Waals surface area contributed by atoms with Crippen LogP contribution in [-0.4, -0.2) is 22.2 Å². The molecule has 3 heteroatoms. The van der Waals surface area contributed by atoms with Gasteiger partial charge in [-0.2, -0.15) is 0 Å². The summed E-state index contributed by atoms with van der Waals surface area (Å²) in [6.45, 7) is 5.28. The average Bonchev–Trinajstić information content (AvgIpc) is 2.26. The van der Waals surface area contributed by atoms with Crippen LogP contribution in [0, 0.1) is 0 Å². The number of carbonyl (C=O) groups is 1. The molecule has 0 aromatic heterocycles. The molecular weight excluding hydrogens is 254 g/mol. The van der Waals surface area contributed by atoms with E-state index in [4.69, 9.17) is 0 Å². The lowest BCUT2D eigenvalue weighted by Gasteiger charge is -2.22. The topological polar surface area (TPSA) is 20.3 Å². The molecule has 0 fully saturated rings. The summed E-state index contributed by atoms with van der Waals surface area (Å²) in [6, 6.07) is 10.0. The molecule has 1 aromatic rings. The van der Waals surface area contributed by atoms with Crippen LogP contribution in [-0.2, 0) is 11.3 Å².